The van der Waals surface area contributed by atoms with Crippen molar-refractivity contribution >= 4 is 34.5 Å². The van der Waals surface area contributed by atoms with Crippen molar-refractivity contribution in [3.63, 3.8) is 0 Å². The van der Waals surface area contributed by atoms with E-state index in [1.807, 2.05) is 6.92 Å². The van der Waals surface area contributed by atoms with E-state index >= 15 is 0 Å². The molecule has 0 radical (unpaired) electrons. The summed E-state index contributed by atoms with van der Waals surface area (Å²) in [4.78, 5) is 27.3. The summed E-state index contributed by atoms with van der Waals surface area (Å²) in [6, 6.07) is 10.1. The van der Waals surface area contributed by atoms with Gasteiger partial charge < -0.3 is 20.1 Å². The average molecular weight is 448 g/mol. The maximum absolute atomic E-state index is 11.5. The lowest BCUT2D eigenvalue weighted by molar-refractivity contribution is 0.0526. The molecule has 2 fully saturated rings. The molecule has 172 valence electrons. The van der Waals surface area contributed by atoms with E-state index < -0.39 is 5.97 Å². The first kappa shape index (κ1) is 21.6. The van der Waals surface area contributed by atoms with Crippen LogP contribution in [0.4, 0.5) is 17.5 Å². The summed E-state index contributed by atoms with van der Waals surface area (Å²) >= 11 is 0. The summed E-state index contributed by atoms with van der Waals surface area (Å²) in [6.45, 7) is 4.02. The number of ether oxygens (including phenoxy) is 1. The van der Waals surface area contributed by atoms with Crippen molar-refractivity contribution in [3.05, 3.63) is 47.7 Å². The molecule has 1 aliphatic heterocycles. The van der Waals surface area contributed by atoms with Gasteiger partial charge >= 0.3 is 5.97 Å². The normalized spacial score (nSPS) is 19.5. The van der Waals surface area contributed by atoms with Gasteiger partial charge in [0.15, 0.2) is 5.65 Å². The molecule has 1 aliphatic carbocycles. The van der Waals surface area contributed by atoms with E-state index in [-0.39, 0.29) is 11.7 Å². The topological polar surface area (TPSA) is 100 Å². The number of aromatic nitrogens is 3. The molecule has 1 saturated heterocycles. The maximum atomic E-state index is 11.5. The fourth-order valence-electron chi connectivity index (χ4n) is 4.77. The number of hydrogen-bond acceptors (Lipinski definition) is 7. The Bertz CT molecular complexity index is 1140. The second kappa shape index (κ2) is 9.31. The summed E-state index contributed by atoms with van der Waals surface area (Å²) in [5.41, 5.74) is 2.85. The summed E-state index contributed by atoms with van der Waals surface area (Å²) in [5.74, 6) is 0.730. The number of fused-ring (bicyclic) bond motifs is 1. The van der Waals surface area contributed by atoms with E-state index in [1.165, 1.54) is 43.9 Å². The van der Waals surface area contributed by atoms with Gasteiger partial charge in [-0.25, -0.2) is 9.78 Å². The van der Waals surface area contributed by atoms with E-state index in [1.54, 1.807) is 6.07 Å². The second-order valence-electron chi connectivity index (χ2n) is 8.98. The minimum Gasteiger partial charge on any atom is -0.478 e. The van der Waals surface area contributed by atoms with Gasteiger partial charge in [0.05, 0.1) is 23.7 Å². The number of pyridine rings is 1. The highest BCUT2D eigenvalue weighted by molar-refractivity contribution is 5.96. The van der Waals surface area contributed by atoms with Crippen LogP contribution in [-0.4, -0.2) is 51.8 Å². The molecule has 5 rings (SSSR count). The number of benzene rings is 1. The van der Waals surface area contributed by atoms with Crippen LogP contribution in [0.3, 0.4) is 0 Å². The highest BCUT2D eigenvalue weighted by Crippen LogP contribution is 2.34. The molecule has 2 aliphatic rings. The zero-order chi connectivity index (χ0) is 22.8. The fraction of sp³-hybridized carbons (Fsp3) is 0.440. The van der Waals surface area contributed by atoms with Crippen molar-refractivity contribution in [3.8, 4) is 0 Å². The summed E-state index contributed by atoms with van der Waals surface area (Å²) in [5, 5.41) is 13.4. The molecule has 0 bridgehead atoms. The Labute approximate surface area is 193 Å². The SMILES string of the molecule is CC1CN(c2nc(Nc3ccc(C4CCCCC4)cc3)c3cc(C(=O)O)cnc3n2)CCO1. The first-order valence-corrected chi connectivity index (χ1v) is 11.7. The lowest BCUT2D eigenvalue weighted by atomic mass is 9.84. The molecule has 3 heterocycles. The standard InChI is InChI=1S/C25H29N5O3/c1-16-15-30(11-12-33-16)25-28-22-21(13-19(14-26-22)24(31)32)23(29-25)27-20-9-7-18(8-10-20)17-5-3-2-4-6-17/h7-10,13-14,16-17H,2-6,11-12,15H2,1H3,(H,31,32)(H,26,27,28,29). The van der Waals surface area contributed by atoms with Crippen molar-refractivity contribution in [2.45, 2.75) is 51.0 Å². The van der Waals surface area contributed by atoms with Gasteiger partial charge in [0.25, 0.3) is 0 Å². The Balaban J connectivity index is 1.49. The van der Waals surface area contributed by atoms with Crippen LogP contribution in [0.2, 0.25) is 0 Å². The van der Waals surface area contributed by atoms with Crippen LogP contribution in [0.5, 0.6) is 0 Å². The lowest BCUT2D eigenvalue weighted by Gasteiger charge is -2.31. The lowest BCUT2D eigenvalue weighted by Crippen LogP contribution is -2.42. The molecule has 33 heavy (non-hydrogen) atoms. The molecule has 1 aromatic carbocycles. The summed E-state index contributed by atoms with van der Waals surface area (Å²) < 4.78 is 5.65. The molecule has 1 atom stereocenters. The molecule has 2 N–H and O–H groups in total. The predicted molar refractivity (Wildman–Crippen MR) is 127 cm³/mol. The van der Waals surface area contributed by atoms with Gasteiger partial charge in [0.2, 0.25) is 5.95 Å². The Hall–Kier alpha value is -3.26. The highest BCUT2D eigenvalue weighted by atomic mass is 16.5. The van der Waals surface area contributed by atoms with Crippen LogP contribution >= 0.6 is 0 Å². The second-order valence-corrected chi connectivity index (χ2v) is 8.98. The van der Waals surface area contributed by atoms with Crippen LogP contribution in [-0.2, 0) is 4.74 Å². The Morgan fingerprint density at radius 2 is 1.94 bits per heavy atom. The monoisotopic (exact) mass is 447 g/mol. The number of morpholine rings is 1. The van der Waals surface area contributed by atoms with Crippen LogP contribution in [0, 0.1) is 0 Å². The third-order valence-electron chi connectivity index (χ3n) is 6.56. The van der Waals surface area contributed by atoms with Crippen molar-refractivity contribution < 1.29 is 14.6 Å². The molecule has 1 unspecified atom stereocenters. The first-order chi connectivity index (χ1) is 16.1. The van der Waals surface area contributed by atoms with Crippen molar-refractivity contribution in [1.29, 1.82) is 0 Å². The van der Waals surface area contributed by atoms with E-state index in [2.05, 4.69) is 44.5 Å². The number of anilines is 3. The number of rotatable bonds is 5. The van der Waals surface area contributed by atoms with Gasteiger partial charge in [0, 0.05) is 25.0 Å². The largest absolute Gasteiger partial charge is 0.478 e. The molecule has 3 aromatic rings. The quantitative estimate of drug-likeness (QED) is 0.578. The van der Waals surface area contributed by atoms with E-state index in [0.29, 0.717) is 48.4 Å². The van der Waals surface area contributed by atoms with Crippen molar-refractivity contribution in [2.24, 2.45) is 0 Å². The van der Waals surface area contributed by atoms with Crippen LogP contribution in [0.1, 0.15) is 60.9 Å². The summed E-state index contributed by atoms with van der Waals surface area (Å²) in [7, 11) is 0. The molecule has 1 saturated carbocycles. The fourth-order valence-corrected chi connectivity index (χ4v) is 4.77. The van der Waals surface area contributed by atoms with Crippen LogP contribution < -0.4 is 10.2 Å². The van der Waals surface area contributed by atoms with Gasteiger partial charge in [-0.05, 0) is 49.4 Å². The average Bonchev–Trinajstić information content (AvgIpc) is 2.84. The van der Waals surface area contributed by atoms with Crippen LogP contribution in [0.15, 0.2) is 36.5 Å². The zero-order valence-corrected chi connectivity index (χ0v) is 18.8. The van der Waals surface area contributed by atoms with Gasteiger partial charge in [-0.2, -0.15) is 9.97 Å². The number of carboxylic acids is 1. The van der Waals surface area contributed by atoms with E-state index in [9.17, 15) is 9.90 Å². The maximum Gasteiger partial charge on any atom is 0.337 e. The minimum absolute atomic E-state index is 0.0872. The highest BCUT2D eigenvalue weighted by Gasteiger charge is 2.22. The molecule has 0 spiro atoms. The predicted octanol–water partition coefficient (Wildman–Crippen LogP) is 4.74. The molecular weight excluding hydrogens is 418 g/mol. The van der Waals surface area contributed by atoms with Gasteiger partial charge in [-0.15, -0.1) is 0 Å². The smallest absolute Gasteiger partial charge is 0.337 e. The molecule has 0 amide bonds. The summed E-state index contributed by atoms with van der Waals surface area (Å²) in [6.07, 6.45) is 7.89. The zero-order valence-electron chi connectivity index (χ0n) is 18.8. The molecule has 8 nitrogen and oxygen atoms in total. The third kappa shape index (κ3) is 4.75. The number of hydrogen-bond donors (Lipinski definition) is 2. The molecule has 8 heteroatoms. The van der Waals surface area contributed by atoms with Crippen molar-refractivity contribution in [1.82, 2.24) is 15.0 Å². The van der Waals surface area contributed by atoms with Crippen molar-refractivity contribution in [2.75, 3.05) is 29.9 Å². The number of nitrogens with zero attached hydrogens (tertiary/aromatic N) is 4. The van der Waals surface area contributed by atoms with Gasteiger partial charge in [-0.1, -0.05) is 31.4 Å². The number of carboxylic acid groups (broad SMARTS) is 1. The van der Waals surface area contributed by atoms with Gasteiger partial charge in [0.1, 0.15) is 5.82 Å². The Kier molecular flexibility index (Phi) is 6.09. The number of aromatic carboxylic acids is 1. The number of nitrogens with one attached hydrogen (secondary N) is 1. The van der Waals surface area contributed by atoms with Gasteiger partial charge in [-0.3, -0.25) is 0 Å². The Morgan fingerprint density at radius 1 is 1.15 bits per heavy atom. The minimum atomic E-state index is -1.03. The molecular formula is C25H29N5O3. The van der Waals surface area contributed by atoms with Crippen LogP contribution in [0.25, 0.3) is 11.0 Å². The first-order valence-electron chi connectivity index (χ1n) is 11.7. The van der Waals surface area contributed by atoms with E-state index in [0.717, 1.165) is 5.69 Å². The van der Waals surface area contributed by atoms with E-state index in [4.69, 9.17) is 9.72 Å². The molecule has 2 aromatic heterocycles. The third-order valence-corrected chi connectivity index (χ3v) is 6.56. The Morgan fingerprint density at radius 3 is 2.67 bits per heavy atom. The number of carbonyl (C=O) groups is 1.